The Hall–Kier alpha value is -3.40. The summed E-state index contributed by atoms with van der Waals surface area (Å²) in [5.41, 5.74) is 4.72. The fourth-order valence-corrected chi connectivity index (χ4v) is 3.37. The zero-order chi connectivity index (χ0) is 20.1. The maximum absolute atomic E-state index is 12.3. The summed E-state index contributed by atoms with van der Waals surface area (Å²) in [6.07, 6.45) is 10.4. The number of allylic oxidation sites excluding steroid dienone is 2. The van der Waals surface area contributed by atoms with Gasteiger partial charge in [0, 0.05) is 18.3 Å². The van der Waals surface area contributed by atoms with Gasteiger partial charge in [-0.1, -0.05) is 60.7 Å². The minimum absolute atomic E-state index is 0.304. The SMILES string of the molecule is Cc1nc(-c2ccc(C(=O)OCC3=CCCC=C3)cc2)cn1Cc1ccccc1. The Bertz CT molecular complexity index is 1040. The average molecular weight is 384 g/mol. The van der Waals surface area contributed by atoms with E-state index in [-0.39, 0.29) is 5.97 Å². The molecule has 0 unspecified atom stereocenters. The van der Waals surface area contributed by atoms with Crippen LogP contribution in [0, 0.1) is 6.92 Å². The van der Waals surface area contributed by atoms with E-state index in [4.69, 9.17) is 4.74 Å². The first-order valence-electron chi connectivity index (χ1n) is 9.90. The van der Waals surface area contributed by atoms with Gasteiger partial charge in [0.2, 0.25) is 0 Å². The van der Waals surface area contributed by atoms with Crippen LogP contribution in [-0.2, 0) is 11.3 Å². The zero-order valence-electron chi connectivity index (χ0n) is 16.5. The number of benzene rings is 2. The van der Waals surface area contributed by atoms with E-state index < -0.39 is 0 Å². The summed E-state index contributed by atoms with van der Waals surface area (Å²) in [6.45, 7) is 3.11. The molecule has 0 radical (unpaired) electrons. The Balaban J connectivity index is 1.42. The monoisotopic (exact) mass is 384 g/mol. The second-order valence-corrected chi connectivity index (χ2v) is 7.20. The third-order valence-electron chi connectivity index (χ3n) is 5.03. The van der Waals surface area contributed by atoms with Gasteiger partial charge in [-0.3, -0.25) is 0 Å². The largest absolute Gasteiger partial charge is 0.457 e. The number of carbonyl (C=O) groups is 1. The van der Waals surface area contributed by atoms with E-state index in [0.717, 1.165) is 42.0 Å². The van der Waals surface area contributed by atoms with Crippen molar-refractivity contribution in [3.8, 4) is 11.3 Å². The van der Waals surface area contributed by atoms with E-state index in [2.05, 4.69) is 40.0 Å². The van der Waals surface area contributed by atoms with E-state index >= 15 is 0 Å². The van der Waals surface area contributed by atoms with Crippen LogP contribution in [0.3, 0.4) is 0 Å². The molecule has 1 aliphatic carbocycles. The lowest BCUT2D eigenvalue weighted by molar-refractivity contribution is 0.0542. The number of hydrogen-bond acceptors (Lipinski definition) is 3. The average Bonchev–Trinajstić information content (AvgIpc) is 3.14. The molecule has 0 saturated heterocycles. The summed E-state index contributed by atoms with van der Waals surface area (Å²) >= 11 is 0. The Morgan fingerprint density at radius 3 is 2.59 bits per heavy atom. The molecule has 4 nitrogen and oxygen atoms in total. The maximum Gasteiger partial charge on any atom is 0.338 e. The first kappa shape index (κ1) is 18.9. The molecule has 0 fully saturated rings. The Kier molecular flexibility index (Phi) is 5.71. The van der Waals surface area contributed by atoms with Crippen molar-refractivity contribution in [3.05, 3.63) is 102 Å². The first-order chi connectivity index (χ1) is 14.2. The standard InChI is InChI=1S/C25H24N2O2/c1-19-26-24(17-27(19)16-20-8-4-2-5-9-20)22-12-14-23(15-13-22)25(28)29-18-21-10-6-3-7-11-21/h2,4-6,8-15,17H,3,7,16,18H2,1H3. The van der Waals surface area contributed by atoms with Crippen LogP contribution in [0.5, 0.6) is 0 Å². The van der Waals surface area contributed by atoms with Gasteiger partial charge in [0.05, 0.1) is 11.3 Å². The summed E-state index contributed by atoms with van der Waals surface area (Å²) in [5.74, 6) is 0.656. The number of carbonyl (C=O) groups excluding carboxylic acids is 1. The smallest absolute Gasteiger partial charge is 0.338 e. The third-order valence-corrected chi connectivity index (χ3v) is 5.03. The van der Waals surface area contributed by atoms with E-state index in [1.165, 1.54) is 5.56 Å². The van der Waals surface area contributed by atoms with Crippen molar-refractivity contribution in [2.24, 2.45) is 0 Å². The van der Waals surface area contributed by atoms with E-state index in [1.807, 2.05) is 43.3 Å². The van der Waals surface area contributed by atoms with Crippen LogP contribution in [0.15, 0.2) is 84.6 Å². The number of esters is 1. The highest BCUT2D eigenvalue weighted by Crippen LogP contribution is 2.21. The molecule has 29 heavy (non-hydrogen) atoms. The topological polar surface area (TPSA) is 44.1 Å². The summed E-state index contributed by atoms with van der Waals surface area (Å²) in [4.78, 5) is 17.0. The molecule has 0 saturated carbocycles. The predicted octanol–water partition coefficient (Wildman–Crippen LogP) is 5.34. The molecule has 1 aromatic heterocycles. The fraction of sp³-hybridized carbons (Fsp3) is 0.200. The van der Waals surface area contributed by atoms with Gasteiger partial charge in [-0.15, -0.1) is 0 Å². The first-order valence-corrected chi connectivity index (χ1v) is 9.90. The van der Waals surface area contributed by atoms with Crippen molar-refractivity contribution in [2.75, 3.05) is 6.61 Å². The van der Waals surface area contributed by atoms with Gasteiger partial charge < -0.3 is 9.30 Å². The molecular formula is C25H24N2O2. The maximum atomic E-state index is 12.3. The van der Waals surface area contributed by atoms with Crippen LogP contribution >= 0.6 is 0 Å². The van der Waals surface area contributed by atoms with Gasteiger partial charge in [0.1, 0.15) is 12.4 Å². The van der Waals surface area contributed by atoms with Gasteiger partial charge in [-0.05, 0) is 43.0 Å². The Morgan fingerprint density at radius 2 is 1.86 bits per heavy atom. The molecule has 3 aromatic rings. The highest BCUT2D eigenvalue weighted by molar-refractivity contribution is 5.90. The molecule has 4 heteroatoms. The van der Waals surface area contributed by atoms with Crippen LogP contribution in [0.2, 0.25) is 0 Å². The zero-order valence-corrected chi connectivity index (χ0v) is 16.5. The quantitative estimate of drug-likeness (QED) is 0.539. The van der Waals surface area contributed by atoms with Crippen molar-refractivity contribution < 1.29 is 9.53 Å². The molecule has 146 valence electrons. The Labute approximate surface area is 171 Å². The molecule has 2 aromatic carbocycles. The van der Waals surface area contributed by atoms with Crippen LogP contribution in [-0.4, -0.2) is 22.1 Å². The van der Waals surface area contributed by atoms with E-state index in [0.29, 0.717) is 12.2 Å². The fourth-order valence-electron chi connectivity index (χ4n) is 3.37. The van der Waals surface area contributed by atoms with Crippen molar-refractivity contribution in [1.82, 2.24) is 9.55 Å². The third kappa shape index (κ3) is 4.72. The summed E-state index contributed by atoms with van der Waals surface area (Å²) in [5, 5.41) is 0. The highest BCUT2D eigenvalue weighted by atomic mass is 16.5. The molecular weight excluding hydrogens is 360 g/mol. The number of aromatic nitrogens is 2. The van der Waals surface area contributed by atoms with Crippen LogP contribution < -0.4 is 0 Å². The predicted molar refractivity (Wildman–Crippen MR) is 115 cm³/mol. The molecule has 0 atom stereocenters. The molecule has 0 N–H and O–H groups in total. The molecule has 1 aliphatic rings. The lowest BCUT2D eigenvalue weighted by Gasteiger charge is -2.08. The second kappa shape index (κ2) is 8.74. The van der Waals surface area contributed by atoms with E-state index in [1.54, 1.807) is 12.1 Å². The molecule has 0 bridgehead atoms. The van der Waals surface area contributed by atoms with Crippen LogP contribution in [0.4, 0.5) is 0 Å². The number of rotatable bonds is 6. The van der Waals surface area contributed by atoms with Crippen molar-refractivity contribution >= 4 is 5.97 Å². The van der Waals surface area contributed by atoms with Gasteiger partial charge in [-0.2, -0.15) is 0 Å². The molecule has 0 amide bonds. The molecule has 0 spiro atoms. The number of nitrogens with zero attached hydrogens (tertiary/aromatic N) is 2. The number of hydrogen-bond donors (Lipinski definition) is 0. The van der Waals surface area contributed by atoms with Crippen LogP contribution in [0.25, 0.3) is 11.3 Å². The highest BCUT2D eigenvalue weighted by Gasteiger charge is 2.11. The van der Waals surface area contributed by atoms with E-state index in [9.17, 15) is 4.79 Å². The Morgan fingerprint density at radius 1 is 1.07 bits per heavy atom. The molecule has 1 heterocycles. The van der Waals surface area contributed by atoms with Crippen molar-refractivity contribution in [3.63, 3.8) is 0 Å². The molecule has 4 rings (SSSR count). The second-order valence-electron chi connectivity index (χ2n) is 7.20. The van der Waals surface area contributed by atoms with Gasteiger partial charge in [-0.25, -0.2) is 9.78 Å². The summed E-state index contributed by atoms with van der Waals surface area (Å²) < 4.78 is 7.56. The van der Waals surface area contributed by atoms with Gasteiger partial charge in [0.15, 0.2) is 0 Å². The number of imidazole rings is 1. The summed E-state index contributed by atoms with van der Waals surface area (Å²) in [7, 11) is 0. The van der Waals surface area contributed by atoms with Crippen molar-refractivity contribution in [2.45, 2.75) is 26.3 Å². The van der Waals surface area contributed by atoms with Gasteiger partial charge >= 0.3 is 5.97 Å². The minimum Gasteiger partial charge on any atom is -0.457 e. The summed E-state index contributed by atoms with van der Waals surface area (Å²) in [6, 6.07) is 17.8. The van der Waals surface area contributed by atoms with Crippen LogP contribution in [0.1, 0.15) is 34.6 Å². The van der Waals surface area contributed by atoms with Gasteiger partial charge in [0.25, 0.3) is 0 Å². The van der Waals surface area contributed by atoms with Crippen molar-refractivity contribution in [1.29, 1.82) is 0 Å². The molecule has 0 aliphatic heterocycles. The number of ether oxygens (including phenoxy) is 1. The normalized spacial score (nSPS) is 13.2. The minimum atomic E-state index is -0.304. The lowest BCUT2D eigenvalue weighted by Crippen LogP contribution is -2.08. The number of aryl methyl sites for hydroxylation is 1. The lowest BCUT2D eigenvalue weighted by atomic mass is 10.1.